The van der Waals surface area contributed by atoms with Gasteiger partial charge in [-0.3, -0.25) is 0 Å². The summed E-state index contributed by atoms with van der Waals surface area (Å²) in [6, 6.07) is 6.66. The minimum Gasteiger partial charge on any atom is -0.482 e. The molecule has 0 aromatic heterocycles. The maximum Gasteiger partial charge on any atom is 0.344 e. The molecule has 0 heterocycles. The van der Waals surface area contributed by atoms with Crippen LogP contribution in [0.25, 0.3) is 0 Å². The fraction of sp³-hybridized carbons (Fsp3) is 0.400. The van der Waals surface area contributed by atoms with Gasteiger partial charge in [0.2, 0.25) is 0 Å². The molecule has 0 saturated heterocycles. The standard InChI is InChI=1S/C20H26O6/c1-15(2)8-10-23-19(21)13-25-17-6-5-7-18(12-17)26-14-20(22)24-11-9-16(3)4/h5-9,12H,10-11,13-14H2,1-4H3. The highest BCUT2D eigenvalue weighted by Crippen LogP contribution is 2.19. The van der Waals surface area contributed by atoms with Gasteiger partial charge in [-0.25, -0.2) is 9.59 Å². The average Bonchev–Trinajstić information content (AvgIpc) is 2.58. The third-order valence-electron chi connectivity index (χ3n) is 2.99. The van der Waals surface area contributed by atoms with Crippen LogP contribution in [0.1, 0.15) is 27.7 Å². The molecule has 26 heavy (non-hydrogen) atoms. The van der Waals surface area contributed by atoms with Crippen molar-refractivity contribution in [1.82, 2.24) is 0 Å². The van der Waals surface area contributed by atoms with Crippen molar-refractivity contribution in [2.24, 2.45) is 0 Å². The van der Waals surface area contributed by atoms with Crippen LogP contribution < -0.4 is 9.47 Å². The number of allylic oxidation sites excluding steroid dienone is 2. The number of esters is 2. The van der Waals surface area contributed by atoms with Crippen molar-refractivity contribution >= 4 is 11.9 Å². The Bertz CT molecular complexity index is 599. The fourth-order valence-corrected chi connectivity index (χ4v) is 1.62. The Morgan fingerprint density at radius 1 is 0.808 bits per heavy atom. The van der Waals surface area contributed by atoms with Crippen LogP contribution in [0.5, 0.6) is 11.5 Å². The third-order valence-corrected chi connectivity index (χ3v) is 2.99. The molecule has 1 rings (SSSR count). The van der Waals surface area contributed by atoms with Crippen molar-refractivity contribution in [3.05, 3.63) is 47.6 Å². The lowest BCUT2D eigenvalue weighted by atomic mass is 10.3. The molecule has 0 aliphatic carbocycles. The zero-order valence-corrected chi connectivity index (χ0v) is 15.7. The fourth-order valence-electron chi connectivity index (χ4n) is 1.62. The third kappa shape index (κ3) is 10.2. The van der Waals surface area contributed by atoms with E-state index in [9.17, 15) is 9.59 Å². The van der Waals surface area contributed by atoms with E-state index in [4.69, 9.17) is 18.9 Å². The van der Waals surface area contributed by atoms with E-state index in [1.807, 2.05) is 39.8 Å². The largest absolute Gasteiger partial charge is 0.482 e. The minimum atomic E-state index is -0.461. The molecular formula is C20H26O6. The van der Waals surface area contributed by atoms with E-state index in [0.717, 1.165) is 11.1 Å². The van der Waals surface area contributed by atoms with Gasteiger partial charge >= 0.3 is 11.9 Å². The van der Waals surface area contributed by atoms with E-state index in [0.29, 0.717) is 11.5 Å². The maximum atomic E-state index is 11.6. The zero-order valence-electron chi connectivity index (χ0n) is 15.7. The Labute approximate surface area is 154 Å². The van der Waals surface area contributed by atoms with Crippen molar-refractivity contribution < 1.29 is 28.5 Å². The van der Waals surface area contributed by atoms with Gasteiger partial charge in [-0.05, 0) is 52.0 Å². The lowest BCUT2D eigenvalue weighted by Crippen LogP contribution is -2.16. The molecule has 6 nitrogen and oxygen atoms in total. The van der Waals surface area contributed by atoms with E-state index >= 15 is 0 Å². The van der Waals surface area contributed by atoms with Crippen LogP contribution in [0.15, 0.2) is 47.6 Å². The zero-order chi connectivity index (χ0) is 19.4. The first kappa shape index (κ1) is 21.3. The summed E-state index contributed by atoms with van der Waals surface area (Å²) in [6.07, 6.45) is 3.62. The van der Waals surface area contributed by atoms with E-state index in [-0.39, 0.29) is 26.4 Å². The second-order valence-corrected chi connectivity index (χ2v) is 5.98. The summed E-state index contributed by atoms with van der Waals surface area (Å²) in [5.74, 6) is -0.0347. The number of hydrogen-bond acceptors (Lipinski definition) is 6. The molecule has 1 aromatic carbocycles. The first-order chi connectivity index (χ1) is 12.4. The van der Waals surface area contributed by atoms with Crippen molar-refractivity contribution in [3.8, 4) is 11.5 Å². The number of carbonyl (C=O) groups is 2. The topological polar surface area (TPSA) is 71.1 Å². The Hall–Kier alpha value is -2.76. The van der Waals surface area contributed by atoms with E-state index in [1.54, 1.807) is 24.3 Å². The van der Waals surface area contributed by atoms with Crippen molar-refractivity contribution in [3.63, 3.8) is 0 Å². The summed E-state index contributed by atoms with van der Waals surface area (Å²) in [4.78, 5) is 23.1. The number of ether oxygens (including phenoxy) is 4. The molecule has 0 atom stereocenters. The van der Waals surface area contributed by atoms with Crippen LogP contribution in [0.3, 0.4) is 0 Å². The second-order valence-electron chi connectivity index (χ2n) is 5.98. The van der Waals surface area contributed by atoms with Gasteiger partial charge < -0.3 is 18.9 Å². The predicted molar refractivity (Wildman–Crippen MR) is 98.2 cm³/mol. The van der Waals surface area contributed by atoms with Crippen LogP contribution in [-0.4, -0.2) is 38.4 Å². The van der Waals surface area contributed by atoms with Gasteiger partial charge in [-0.2, -0.15) is 0 Å². The van der Waals surface area contributed by atoms with Gasteiger partial charge in [0.15, 0.2) is 13.2 Å². The SMILES string of the molecule is CC(C)=CCOC(=O)COc1cccc(OCC(=O)OCC=C(C)C)c1. The molecule has 0 aliphatic heterocycles. The van der Waals surface area contributed by atoms with Crippen molar-refractivity contribution in [2.45, 2.75) is 27.7 Å². The molecule has 6 heteroatoms. The highest BCUT2D eigenvalue weighted by atomic mass is 16.6. The number of rotatable bonds is 10. The molecule has 0 spiro atoms. The minimum absolute atomic E-state index is 0.204. The summed E-state index contributed by atoms with van der Waals surface area (Å²) in [7, 11) is 0. The number of benzene rings is 1. The molecule has 142 valence electrons. The lowest BCUT2D eigenvalue weighted by molar-refractivity contribution is -0.145. The van der Waals surface area contributed by atoms with Crippen molar-refractivity contribution in [1.29, 1.82) is 0 Å². The Balaban J connectivity index is 2.38. The first-order valence-corrected chi connectivity index (χ1v) is 8.30. The summed E-state index contributed by atoms with van der Waals surface area (Å²) >= 11 is 0. The van der Waals surface area contributed by atoms with E-state index in [1.165, 1.54) is 0 Å². The molecule has 0 unspecified atom stereocenters. The first-order valence-electron chi connectivity index (χ1n) is 8.30. The van der Waals surface area contributed by atoms with Crippen LogP contribution in [-0.2, 0) is 19.1 Å². The normalized spacial score (nSPS) is 9.69. The number of carbonyl (C=O) groups excluding carboxylic acids is 2. The molecular weight excluding hydrogens is 336 g/mol. The monoisotopic (exact) mass is 362 g/mol. The molecule has 0 amide bonds. The number of hydrogen-bond donors (Lipinski definition) is 0. The van der Waals surface area contributed by atoms with E-state index < -0.39 is 11.9 Å². The van der Waals surface area contributed by atoms with Crippen LogP contribution in [0, 0.1) is 0 Å². The van der Waals surface area contributed by atoms with Gasteiger partial charge in [-0.1, -0.05) is 17.2 Å². The Morgan fingerprint density at radius 3 is 1.62 bits per heavy atom. The molecule has 1 aromatic rings. The van der Waals surface area contributed by atoms with Gasteiger partial charge in [0.1, 0.15) is 24.7 Å². The van der Waals surface area contributed by atoms with Gasteiger partial charge in [0, 0.05) is 6.07 Å². The predicted octanol–water partition coefficient (Wildman–Crippen LogP) is 3.46. The van der Waals surface area contributed by atoms with Crippen molar-refractivity contribution in [2.75, 3.05) is 26.4 Å². The van der Waals surface area contributed by atoms with Crippen LogP contribution in [0.2, 0.25) is 0 Å². The van der Waals surface area contributed by atoms with E-state index in [2.05, 4.69) is 0 Å². The molecule has 0 N–H and O–H groups in total. The maximum absolute atomic E-state index is 11.6. The summed E-state index contributed by atoms with van der Waals surface area (Å²) in [5.41, 5.74) is 2.14. The summed E-state index contributed by atoms with van der Waals surface area (Å²) < 4.78 is 20.7. The second kappa shape index (κ2) is 11.7. The summed E-state index contributed by atoms with van der Waals surface area (Å²) in [5, 5.41) is 0. The summed E-state index contributed by atoms with van der Waals surface area (Å²) in [6.45, 7) is 7.74. The highest BCUT2D eigenvalue weighted by Gasteiger charge is 2.07. The Kier molecular flexibility index (Phi) is 9.61. The van der Waals surface area contributed by atoms with Crippen LogP contribution in [0.4, 0.5) is 0 Å². The van der Waals surface area contributed by atoms with Crippen LogP contribution >= 0.6 is 0 Å². The molecule has 0 saturated carbocycles. The van der Waals surface area contributed by atoms with Gasteiger partial charge in [-0.15, -0.1) is 0 Å². The highest BCUT2D eigenvalue weighted by molar-refractivity contribution is 5.71. The molecule has 0 fully saturated rings. The molecule has 0 aliphatic rings. The smallest absolute Gasteiger partial charge is 0.344 e. The lowest BCUT2D eigenvalue weighted by Gasteiger charge is -2.09. The quantitative estimate of drug-likeness (QED) is 0.469. The van der Waals surface area contributed by atoms with Gasteiger partial charge in [0.05, 0.1) is 0 Å². The molecule has 0 bridgehead atoms. The average molecular weight is 362 g/mol. The Morgan fingerprint density at radius 2 is 1.23 bits per heavy atom. The molecule has 0 radical (unpaired) electrons. The van der Waals surface area contributed by atoms with Gasteiger partial charge in [0.25, 0.3) is 0 Å².